The van der Waals surface area contributed by atoms with Crippen LogP contribution in [0, 0.1) is 25.2 Å². The number of esters is 1. The third kappa shape index (κ3) is 4.97. The highest BCUT2D eigenvalue weighted by molar-refractivity contribution is 5.87. The lowest BCUT2D eigenvalue weighted by atomic mass is 9.71. The van der Waals surface area contributed by atoms with E-state index in [2.05, 4.69) is 28.5 Å². The molecule has 0 radical (unpaired) electrons. The second-order valence-corrected chi connectivity index (χ2v) is 12.7. The summed E-state index contributed by atoms with van der Waals surface area (Å²) in [4.78, 5) is 17.6. The number of benzene rings is 3. The van der Waals surface area contributed by atoms with Gasteiger partial charge in [-0.3, -0.25) is 9.80 Å². The van der Waals surface area contributed by atoms with E-state index in [4.69, 9.17) is 23.7 Å². The van der Waals surface area contributed by atoms with Crippen LogP contribution in [0.1, 0.15) is 51.0 Å². The molecular formula is C38H39N3O7. The monoisotopic (exact) mass is 649 g/mol. The van der Waals surface area contributed by atoms with Gasteiger partial charge in [-0.1, -0.05) is 49.1 Å². The third-order valence-electron chi connectivity index (χ3n) is 10.2. The van der Waals surface area contributed by atoms with Crippen molar-refractivity contribution < 1.29 is 33.6 Å². The van der Waals surface area contributed by atoms with Crippen LogP contribution < -0.4 is 18.9 Å². The molecule has 1 fully saturated rings. The third-order valence-corrected chi connectivity index (χ3v) is 10.2. The van der Waals surface area contributed by atoms with E-state index < -0.39 is 18.1 Å². The number of rotatable bonds is 8. The second kappa shape index (κ2) is 12.6. The maximum Gasteiger partial charge on any atom is 0.330 e. The molecule has 10 heteroatoms. The molecule has 4 heterocycles. The van der Waals surface area contributed by atoms with Gasteiger partial charge in [-0.05, 0) is 56.5 Å². The number of phenols is 1. The Kier molecular flexibility index (Phi) is 8.27. The summed E-state index contributed by atoms with van der Waals surface area (Å²) in [6.07, 6.45) is 5.86. The molecular weight excluding hydrogens is 610 g/mol. The first-order valence-electron chi connectivity index (χ1n) is 16.2. The lowest BCUT2D eigenvalue weighted by Crippen LogP contribution is -2.68. The van der Waals surface area contributed by atoms with Crippen LogP contribution in [-0.4, -0.2) is 73.2 Å². The Morgan fingerprint density at radius 3 is 2.62 bits per heavy atom. The number of hydrogen-bond donors (Lipinski definition) is 1. The predicted octanol–water partition coefficient (Wildman–Crippen LogP) is 5.34. The van der Waals surface area contributed by atoms with Crippen LogP contribution in [0.4, 0.5) is 0 Å². The molecule has 0 aliphatic carbocycles. The standard InChI is InChI=1S/C38H39N3O7/c1-6-14-45-36-22(3)37-38(48-20-47-37)32-25(36)17-27-33-31-24(15-21(2)35(44-5)34(31)43)16-26(40(33)4)28(18-39)41(27)29(32)19-46-30(42)13-12-23-10-8-7-9-11-23/h6-13,15,26-29,33,43H,1,14,16-17,19-20H2,2-5H3/b13-12+/t26-,27?,28-,29-,33-/m0/s1. The number of aryl methyl sites for hydroxylation is 1. The number of hydrogen-bond acceptors (Lipinski definition) is 10. The van der Waals surface area contributed by atoms with Crippen molar-refractivity contribution >= 4 is 12.0 Å². The van der Waals surface area contributed by atoms with E-state index in [-0.39, 0.29) is 43.9 Å². The molecule has 5 atom stereocenters. The molecule has 4 aliphatic rings. The van der Waals surface area contributed by atoms with Gasteiger partial charge in [0.1, 0.15) is 25.0 Å². The number of phenolic OH excluding ortho intramolecular Hbond substituents is 1. The SMILES string of the molecule is C=CCOc1c(C)c2c(c3c1CC1[C@H]4c5c(cc(C)c(OC)c5O)C[C@@H]([C@H](C#N)N1[C@H]3COC(=O)/C=C/c1ccccc1)N4C)OCO2. The Hall–Kier alpha value is -4.98. The van der Waals surface area contributed by atoms with Crippen LogP contribution in [0.2, 0.25) is 0 Å². The first kappa shape index (κ1) is 31.6. The molecule has 0 spiro atoms. The average Bonchev–Trinajstić information content (AvgIpc) is 3.58. The topological polar surface area (TPSA) is 114 Å². The Morgan fingerprint density at radius 1 is 1.12 bits per heavy atom. The Morgan fingerprint density at radius 2 is 1.90 bits per heavy atom. The Balaban J connectivity index is 1.39. The quantitative estimate of drug-likeness (QED) is 0.195. The van der Waals surface area contributed by atoms with Gasteiger partial charge in [-0.15, -0.1) is 0 Å². The molecule has 1 saturated heterocycles. The average molecular weight is 650 g/mol. The van der Waals surface area contributed by atoms with E-state index >= 15 is 0 Å². The van der Waals surface area contributed by atoms with E-state index in [0.717, 1.165) is 38.9 Å². The van der Waals surface area contributed by atoms with Crippen LogP contribution >= 0.6 is 0 Å². The van der Waals surface area contributed by atoms with Gasteiger partial charge in [-0.25, -0.2) is 4.79 Å². The lowest BCUT2D eigenvalue weighted by Gasteiger charge is -2.59. The summed E-state index contributed by atoms with van der Waals surface area (Å²) in [5.41, 5.74) is 6.00. The highest BCUT2D eigenvalue weighted by atomic mass is 16.7. The van der Waals surface area contributed by atoms with Crippen molar-refractivity contribution in [3.05, 3.63) is 94.1 Å². The van der Waals surface area contributed by atoms with Gasteiger partial charge >= 0.3 is 5.97 Å². The molecule has 4 aliphatic heterocycles. The summed E-state index contributed by atoms with van der Waals surface area (Å²) < 4.78 is 30.1. The number of carbonyl (C=O) groups is 1. The van der Waals surface area contributed by atoms with Crippen molar-refractivity contribution in [3.63, 3.8) is 0 Å². The van der Waals surface area contributed by atoms with Crippen molar-refractivity contribution in [2.75, 3.05) is 34.2 Å². The zero-order valence-electron chi connectivity index (χ0n) is 27.6. The molecule has 1 N–H and O–H groups in total. The Bertz CT molecular complexity index is 1850. The zero-order chi connectivity index (χ0) is 33.7. The largest absolute Gasteiger partial charge is 0.504 e. The summed E-state index contributed by atoms with van der Waals surface area (Å²) in [6.45, 7) is 7.99. The molecule has 3 aromatic carbocycles. The molecule has 0 saturated carbocycles. The van der Waals surface area contributed by atoms with Crippen LogP contribution in [0.3, 0.4) is 0 Å². The van der Waals surface area contributed by atoms with E-state index in [1.165, 1.54) is 6.08 Å². The number of aromatic hydroxyl groups is 1. The fourth-order valence-corrected chi connectivity index (χ4v) is 8.27. The summed E-state index contributed by atoms with van der Waals surface area (Å²) >= 11 is 0. The van der Waals surface area contributed by atoms with E-state index in [1.54, 1.807) is 19.3 Å². The molecule has 0 aromatic heterocycles. The molecule has 48 heavy (non-hydrogen) atoms. The maximum atomic E-state index is 13.2. The summed E-state index contributed by atoms with van der Waals surface area (Å²) in [6, 6.07) is 12.3. The maximum absolute atomic E-state index is 13.2. The minimum absolute atomic E-state index is 0.0410. The minimum Gasteiger partial charge on any atom is -0.504 e. The number of likely N-dealkylation sites (N-methyl/N-ethyl adjacent to an activating group) is 1. The number of methoxy groups -OCH3 is 1. The second-order valence-electron chi connectivity index (χ2n) is 12.7. The van der Waals surface area contributed by atoms with Crippen molar-refractivity contribution in [1.29, 1.82) is 5.26 Å². The van der Waals surface area contributed by atoms with Crippen LogP contribution in [0.25, 0.3) is 6.08 Å². The number of piperazine rings is 1. The zero-order valence-corrected chi connectivity index (χ0v) is 27.6. The number of carbonyl (C=O) groups excluding carboxylic acids is 1. The molecule has 248 valence electrons. The van der Waals surface area contributed by atoms with E-state index in [9.17, 15) is 15.2 Å². The minimum atomic E-state index is -0.575. The first-order chi connectivity index (χ1) is 23.3. The van der Waals surface area contributed by atoms with Gasteiger partial charge < -0.3 is 28.8 Å². The first-order valence-corrected chi connectivity index (χ1v) is 16.2. The number of ether oxygens (including phenoxy) is 5. The number of nitriles is 1. The van der Waals surface area contributed by atoms with Crippen molar-refractivity contribution in [2.45, 2.75) is 56.9 Å². The lowest BCUT2D eigenvalue weighted by molar-refractivity contribution is -0.143. The van der Waals surface area contributed by atoms with E-state index in [0.29, 0.717) is 35.8 Å². The molecule has 2 bridgehead atoms. The molecule has 7 rings (SSSR count). The van der Waals surface area contributed by atoms with Gasteiger partial charge in [0, 0.05) is 40.4 Å². The fraction of sp³-hybridized carbons (Fsp3) is 0.368. The summed E-state index contributed by atoms with van der Waals surface area (Å²) in [7, 11) is 3.58. The van der Waals surface area contributed by atoms with Crippen molar-refractivity contribution in [1.82, 2.24) is 9.80 Å². The molecule has 3 aromatic rings. The Labute approximate surface area is 280 Å². The molecule has 0 amide bonds. The van der Waals surface area contributed by atoms with E-state index in [1.807, 2.05) is 51.2 Å². The highest BCUT2D eigenvalue weighted by Gasteiger charge is 2.57. The summed E-state index contributed by atoms with van der Waals surface area (Å²) in [5.74, 6) is 1.87. The van der Waals surface area contributed by atoms with Gasteiger partial charge in [-0.2, -0.15) is 5.26 Å². The predicted molar refractivity (Wildman–Crippen MR) is 178 cm³/mol. The number of fused-ring (bicyclic) bond motifs is 9. The smallest absolute Gasteiger partial charge is 0.330 e. The van der Waals surface area contributed by atoms with Crippen LogP contribution in [0.5, 0.6) is 28.7 Å². The van der Waals surface area contributed by atoms with Crippen LogP contribution in [0.15, 0.2) is 55.1 Å². The van der Waals surface area contributed by atoms with Crippen molar-refractivity contribution in [2.24, 2.45) is 0 Å². The van der Waals surface area contributed by atoms with Crippen LogP contribution in [-0.2, 0) is 22.4 Å². The number of nitrogens with zero attached hydrogens (tertiary/aromatic N) is 3. The van der Waals surface area contributed by atoms with Crippen molar-refractivity contribution in [3.8, 4) is 34.8 Å². The molecule has 1 unspecified atom stereocenters. The fourth-order valence-electron chi connectivity index (χ4n) is 8.27. The van der Waals surface area contributed by atoms with Gasteiger partial charge in [0.2, 0.25) is 6.79 Å². The van der Waals surface area contributed by atoms with Gasteiger partial charge in [0.25, 0.3) is 0 Å². The normalized spacial score (nSPS) is 23.9. The molecule has 10 nitrogen and oxygen atoms in total. The summed E-state index contributed by atoms with van der Waals surface area (Å²) in [5, 5.41) is 22.6. The van der Waals surface area contributed by atoms with Gasteiger partial charge in [0.15, 0.2) is 23.0 Å². The van der Waals surface area contributed by atoms with Gasteiger partial charge in [0.05, 0.1) is 25.3 Å². The highest BCUT2D eigenvalue weighted by Crippen LogP contribution is 2.58.